The third kappa shape index (κ3) is 1.21. The third-order valence-electron chi connectivity index (χ3n) is 3.42. The van der Waals surface area contributed by atoms with Crippen LogP contribution in [0, 0.1) is 0 Å². The van der Waals surface area contributed by atoms with Crippen LogP contribution in [0.15, 0.2) is 48.6 Å². The summed E-state index contributed by atoms with van der Waals surface area (Å²) in [7, 11) is 0. The molecule has 2 aromatic carbocycles. The second kappa shape index (κ2) is 3.13. The van der Waals surface area contributed by atoms with Gasteiger partial charge in [-0.2, -0.15) is 0 Å². The van der Waals surface area contributed by atoms with Gasteiger partial charge in [-0.15, -0.1) is 0 Å². The Morgan fingerprint density at radius 2 is 1.94 bits per heavy atom. The van der Waals surface area contributed by atoms with Gasteiger partial charge in [0.2, 0.25) is 0 Å². The Hall–Kier alpha value is -2.29. The molecule has 0 saturated carbocycles. The second-order valence-electron chi connectivity index (χ2n) is 4.62. The minimum Gasteiger partial charge on any atom is -0.447 e. The molecule has 2 aliphatic heterocycles. The summed E-state index contributed by atoms with van der Waals surface area (Å²) in [6, 6.07) is 12.1. The molecule has 0 saturated heterocycles. The quantitative estimate of drug-likeness (QED) is 0.662. The first-order valence-corrected chi connectivity index (χ1v) is 5.88. The molecule has 0 aliphatic carbocycles. The van der Waals surface area contributed by atoms with Crippen LogP contribution in [0.5, 0.6) is 5.75 Å². The van der Waals surface area contributed by atoms with E-state index in [1.54, 1.807) is 6.08 Å². The van der Waals surface area contributed by atoms with Crippen molar-refractivity contribution in [2.24, 2.45) is 0 Å². The van der Waals surface area contributed by atoms with Crippen molar-refractivity contribution in [3.8, 4) is 5.75 Å². The molecular formula is C15H10O3. The van der Waals surface area contributed by atoms with Gasteiger partial charge in [0.1, 0.15) is 5.75 Å². The fraction of sp³-hybridized carbons (Fsp3) is 0.133. The number of hydrogen-bond donors (Lipinski definition) is 0. The number of fused-ring (bicyclic) bond motifs is 3. The standard InChI is InChI=1S/C15H10O3/c16-13-7-8-15(17-13)9-11-6-5-10-3-1-2-4-12(10)14(11)18-15/h1-8H,9H2. The normalized spacial score (nSPS) is 24.3. The van der Waals surface area contributed by atoms with E-state index in [2.05, 4.69) is 6.07 Å². The van der Waals surface area contributed by atoms with Crippen LogP contribution < -0.4 is 4.74 Å². The van der Waals surface area contributed by atoms with E-state index in [-0.39, 0.29) is 5.97 Å². The number of carbonyl (C=O) groups is 1. The topological polar surface area (TPSA) is 35.5 Å². The zero-order chi connectivity index (χ0) is 12.2. The van der Waals surface area contributed by atoms with Crippen molar-refractivity contribution >= 4 is 16.7 Å². The minimum atomic E-state index is -0.913. The van der Waals surface area contributed by atoms with E-state index in [1.807, 2.05) is 30.3 Å². The third-order valence-corrected chi connectivity index (χ3v) is 3.42. The molecule has 1 unspecified atom stereocenters. The molecule has 3 nitrogen and oxygen atoms in total. The maximum Gasteiger partial charge on any atom is 0.334 e. The van der Waals surface area contributed by atoms with E-state index in [0.717, 1.165) is 22.1 Å². The predicted octanol–water partition coefficient (Wildman–Crippen LogP) is 2.58. The van der Waals surface area contributed by atoms with Gasteiger partial charge in [-0.25, -0.2) is 4.79 Å². The first-order chi connectivity index (χ1) is 8.76. The van der Waals surface area contributed by atoms with Crippen LogP contribution in [0.3, 0.4) is 0 Å². The van der Waals surface area contributed by atoms with Gasteiger partial charge in [0.05, 0.1) is 6.42 Å². The molecule has 0 aromatic heterocycles. The van der Waals surface area contributed by atoms with E-state index < -0.39 is 5.79 Å². The molecule has 0 fully saturated rings. The SMILES string of the molecule is O=C1C=CC2(Cc3ccc4ccccc4c3O2)O1. The molecule has 0 bridgehead atoms. The Labute approximate surface area is 104 Å². The molecule has 4 rings (SSSR count). The van der Waals surface area contributed by atoms with Gasteiger partial charge >= 0.3 is 5.97 Å². The van der Waals surface area contributed by atoms with E-state index in [9.17, 15) is 4.79 Å². The number of esters is 1. The minimum absolute atomic E-state index is 0.341. The zero-order valence-corrected chi connectivity index (χ0v) is 9.55. The van der Waals surface area contributed by atoms with Crippen LogP contribution in [-0.2, 0) is 16.0 Å². The van der Waals surface area contributed by atoms with Gasteiger partial charge in [0.25, 0.3) is 5.79 Å². The smallest absolute Gasteiger partial charge is 0.334 e. The lowest BCUT2D eigenvalue weighted by molar-refractivity contribution is -0.165. The van der Waals surface area contributed by atoms with Gasteiger partial charge in [0, 0.05) is 23.1 Å². The molecule has 2 aromatic rings. The van der Waals surface area contributed by atoms with Gasteiger partial charge < -0.3 is 9.47 Å². The first kappa shape index (κ1) is 9.71. The fourth-order valence-corrected chi connectivity index (χ4v) is 2.61. The monoisotopic (exact) mass is 238 g/mol. The lowest BCUT2D eigenvalue weighted by Crippen LogP contribution is -2.33. The van der Waals surface area contributed by atoms with Crippen LogP contribution in [0.1, 0.15) is 5.56 Å². The van der Waals surface area contributed by atoms with Gasteiger partial charge in [0.15, 0.2) is 0 Å². The lowest BCUT2D eigenvalue weighted by atomic mass is 10.0. The zero-order valence-electron chi connectivity index (χ0n) is 9.55. The van der Waals surface area contributed by atoms with Crippen LogP contribution in [0.2, 0.25) is 0 Å². The van der Waals surface area contributed by atoms with E-state index >= 15 is 0 Å². The molecule has 2 heterocycles. The number of hydrogen-bond acceptors (Lipinski definition) is 3. The molecule has 0 radical (unpaired) electrons. The maximum absolute atomic E-state index is 11.2. The van der Waals surface area contributed by atoms with Crippen LogP contribution in [0.25, 0.3) is 10.8 Å². The Morgan fingerprint density at radius 3 is 2.78 bits per heavy atom. The highest BCUT2D eigenvalue weighted by Gasteiger charge is 2.44. The van der Waals surface area contributed by atoms with Crippen LogP contribution >= 0.6 is 0 Å². The first-order valence-electron chi connectivity index (χ1n) is 5.88. The molecule has 3 heteroatoms. The average Bonchev–Trinajstić information content (AvgIpc) is 2.92. The van der Waals surface area contributed by atoms with Crippen molar-refractivity contribution < 1.29 is 14.3 Å². The fourth-order valence-electron chi connectivity index (χ4n) is 2.61. The summed E-state index contributed by atoms with van der Waals surface area (Å²) in [5.74, 6) is -0.427. The summed E-state index contributed by atoms with van der Waals surface area (Å²) in [6.07, 6.45) is 3.70. The molecule has 1 spiro atoms. The molecular weight excluding hydrogens is 228 g/mol. The van der Waals surface area contributed by atoms with Gasteiger partial charge in [-0.3, -0.25) is 0 Å². The summed E-state index contributed by atoms with van der Waals surface area (Å²) < 4.78 is 11.2. The van der Waals surface area contributed by atoms with Crippen molar-refractivity contribution in [2.75, 3.05) is 0 Å². The summed E-state index contributed by atoms with van der Waals surface area (Å²) in [4.78, 5) is 11.2. The molecule has 0 amide bonds. The van der Waals surface area contributed by atoms with E-state index in [1.165, 1.54) is 6.08 Å². The van der Waals surface area contributed by atoms with Gasteiger partial charge in [-0.1, -0.05) is 36.4 Å². The number of benzene rings is 2. The highest BCUT2D eigenvalue weighted by atomic mass is 16.7. The van der Waals surface area contributed by atoms with Crippen molar-refractivity contribution in [1.82, 2.24) is 0 Å². The summed E-state index contributed by atoms with van der Waals surface area (Å²) in [6.45, 7) is 0. The summed E-state index contributed by atoms with van der Waals surface area (Å²) in [5, 5.41) is 2.19. The van der Waals surface area contributed by atoms with Crippen LogP contribution in [0.4, 0.5) is 0 Å². The number of carbonyl (C=O) groups excluding carboxylic acids is 1. The Bertz CT molecular complexity index is 702. The molecule has 0 N–H and O–H groups in total. The van der Waals surface area contributed by atoms with E-state index in [0.29, 0.717) is 6.42 Å². The highest BCUT2D eigenvalue weighted by Crippen LogP contribution is 2.43. The molecule has 88 valence electrons. The summed E-state index contributed by atoms with van der Waals surface area (Å²) in [5.41, 5.74) is 1.08. The van der Waals surface area contributed by atoms with Gasteiger partial charge in [-0.05, 0) is 5.39 Å². The van der Waals surface area contributed by atoms with Crippen molar-refractivity contribution in [3.05, 3.63) is 54.1 Å². The number of rotatable bonds is 0. The Balaban J connectivity index is 1.89. The molecule has 18 heavy (non-hydrogen) atoms. The molecule has 1 atom stereocenters. The Kier molecular flexibility index (Phi) is 1.69. The van der Waals surface area contributed by atoms with Crippen molar-refractivity contribution in [3.63, 3.8) is 0 Å². The van der Waals surface area contributed by atoms with Crippen LogP contribution in [-0.4, -0.2) is 11.8 Å². The summed E-state index contributed by atoms with van der Waals surface area (Å²) >= 11 is 0. The predicted molar refractivity (Wildman–Crippen MR) is 66.2 cm³/mol. The number of ether oxygens (including phenoxy) is 2. The van der Waals surface area contributed by atoms with E-state index in [4.69, 9.17) is 9.47 Å². The average molecular weight is 238 g/mol. The highest BCUT2D eigenvalue weighted by molar-refractivity contribution is 5.91. The second-order valence-corrected chi connectivity index (χ2v) is 4.62. The largest absolute Gasteiger partial charge is 0.447 e. The lowest BCUT2D eigenvalue weighted by Gasteiger charge is -2.20. The Morgan fingerprint density at radius 1 is 1.06 bits per heavy atom. The molecule has 2 aliphatic rings. The van der Waals surface area contributed by atoms with Crippen molar-refractivity contribution in [1.29, 1.82) is 0 Å². The van der Waals surface area contributed by atoms with Crippen molar-refractivity contribution in [2.45, 2.75) is 12.2 Å². The maximum atomic E-state index is 11.2.